The molecule has 31 heavy (non-hydrogen) atoms. The first-order valence-corrected chi connectivity index (χ1v) is 10.3. The third-order valence-electron chi connectivity index (χ3n) is 5.13. The molecule has 1 N–H and O–H groups in total. The fourth-order valence-electron chi connectivity index (χ4n) is 3.60. The molecule has 156 valence electrons. The lowest BCUT2D eigenvalue weighted by Crippen LogP contribution is -2.20. The van der Waals surface area contributed by atoms with E-state index in [1.165, 1.54) is 0 Å². The number of carboxylic acids is 1. The number of hydrogen-bond acceptors (Lipinski definition) is 3. The largest absolute Gasteiger partial charge is 0.478 e. The number of benzene rings is 3. The topological polar surface area (TPSA) is 68.0 Å². The van der Waals surface area contributed by atoms with E-state index in [4.69, 9.17) is 10.1 Å². The molecule has 0 fully saturated rings. The fraction of sp³-hybridized carbons (Fsp3) is 0.192. The summed E-state index contributed by atoms with van der Waals surface area (Å²) in [6.45, 7) is 6.99. The van der Waals surface area contributed by atoms with Crippen molar-refractivity contribution in [3.05, 3.63) is 95.8 Å². The Balaban J connectivity index is 1.66. The molecular formula is C26H25N3O2. The van der Waals surface area contributed by atoms with Crippen LogP contribution in [0.15, 0.2) is 78.9 Å². The smallest absolute Gasteiger partial charge is 0.336 e. The van der Waals surface area contributed by atoms with Crippen LogP contribution in [0.2, 0.25) is 0 Å². The summed E-state index contributed by atoms with van der Waals surface area (Å²) in [6, 6.07) is 25.0. The molecule has 4 aromatic rings. The van der Waals surface area contributed by atoms with Crippen molar-refractivity contribution in [1.82, 2.24) is 14.8 Å². The monoisotopic (exact) mass is 411 g/mol. The first-order valence-electron chi connectivity index (χ1n) is 10.3. The number of rotatable bonds is 5. The lowest BCUT2D eigenvalue weighted by Gasteiger charge is -2.18. The zero-order valence-electron chi connectivity index (χ0n) is 17.9. The Morgan fingerprint density at radius 3 is 2.16 bits per heavy atom. The van der Waals surface area contributed by atoms with Gasteiger partial charge in [0.05, 0.1) is 12.1 Å². The first kappa shape index (κ1) is 20.5. The van der Waals surface area contributed by atoms with Crippen LogP contribution in [-0.2, 0) is 12.0 Å². The van der Waals surface area contributed by atoms with Gasteiger partial charge in [-0.05, 0) is 22.8 Å². The maximum absolute atomic E-state index is 11.5. The van der Waals surface area contributed by atoms with E-state index in [2.05, 4.69) is 20.8 Å². The van der Waals surface area contributed by atoms with Gasteiger partial charge >= 0.3 is 5.97 Å². The Hall–Kier alpha value is -3.73. The van der Waals surface area contributed by atoms with Crippen molar-refractivity contribution < 1.29 is 9.90 Å². The zero-order chi connectivity index (χ0) is 22.0. The van der Waals surface area contributed by atoms with Crippen molar-refractivity contribution >= 4 is 5.97 Å². The van der Waals surface area contributed by atoms with E-state index in [0.29, 0.717) is 17.7 Å². The maximum Gasteiger partial charge on any atom is 0.336 e. The summed E-state index contributed by atoms with van der Waals surface area (Å²) in [6.07, 6.45) is 0. The number of carbonyl (C=O) groups is 1. The second-order valence-electron chi connectivity index (χ2n) is 8.58. The number of aromatic carboxylic acids is 1. The highest BCUT2D eigenvalue weighted by Gasteiger charge is 2.23. The molecule has 0 saturated heterocycles. The molecule has 0 amide bonds. The van der Waals surface area contributed by atoms with Crippen LogP contribution in [0.1, 0.15) is 42.5 Å². The quantitative estimate of drug-likeness (QED) is 0.460. The standard InChI is InChI=1S/C26H25N3O2/c1-26(2,3)25-27-23(20-9-5-4-6-10-20)28-29(25)17-18-13-15-19(16-14-18)21-11-7-8-12-22(21)24(30)31/h4-16H,17H2,1-3H3,(H,30,31). The van der Waals surface area contributed by atoms with Crippen LogP contribution in [0, 0.1) is 0 Å². The van der Waals surface area contributed by atoms with Gasteiger partial charge in [0.1, 0.15) is 5.82 Å². The third kappa shape index (κ3) is 4.40. The molecular weight excluding hydrogens is 386 g/mol. The van der Waals surface area contributed by atoms with Crippen molar-refractivity contribution in [3.63, 3.8) is 0 Å². The van der Waals surface area contributed by atoms with Crippen molar-refractivity contribution in [2.24, 2.45) is 0 Å². The molecule has 5 heteroatoms. The summed E-state index contributed by atoms with van der Waals surface area (Å²) in [7, 11) is 0. The van der Waals surface area contributed by atoms with Gasteiger partial charge in [0.25, 0.3) is 0 Å². The second-order valence-corrected chi connectivity index (χ2v) is 8.58. The van der Waals surface area contributed by atoms with Crippen molar-refractivity contribution in [3.8, 4) is 22.5 Å². The summed E-state index contributed by atoms with van der Waals surface area (Å²) in [5, 5.41) is 14.2. The molecule has 0 atom stereocenters. The Kier molecular flexibility index (Phi) is 5.42. The molecule has 0 bridgehead atoms. The summed E-state index contributed by atoms with van der Waals surface area (Å²) >= 11 is 0. The molecule has 1 aromatic heterocycles. The number of carboxylic acid groups (broad SMARTS) is 1. The number of nitrogens with zero attached hydrogens (tertiary/aromatic N) is 3. The van der Waals surface area contributed by atoms with Crippen LogP contribution in [0.3, 0.4) is 0 Å². The van der Waals surface area contributed by atoms with E-state index < -0.39 is 5.97 Å². The average molecular weight is 412 g/mol. The molecule has 1 heterocycles. The van der Waals surface area contributed by atoms with Crippen LogP contribution in [0.25, 0.3) is 22.5 Å². The normalized spacial score (nSPS) is 11.5. The highest BCUT2D eigenvalue weighted by Crippen LogP contribution is 2.27. The van der Waals surface area contributed by atoms with E-state index in [1.54, 1.807) is 12.1 Å². The fourth-order valence-corrected chi connectivity index (χ4v) is 3.60. The Bertz CT molecular complexity index is 1200. The van der Waals surface area contributed by atoms with Gasteiger partial charge in [-0.1, -0.05) is 93.6 Å². The highest BCUT2D eigenvalue weighted by molar-refractivity contribution is 5.95. The minimum Gasteiger partial charge on any atom is -0.478 e. The Morgan fingerprint density at radius 2 is 1.52 bits per heavy atom. The van der Waals surface area contributed by atoms with E-state index in [1.807, 2.05) is 71.4 Å². The molecule has 0 saturated carbocycles. The van der Waals surface area contributed by atoms with Gasteiger partial charge < -0.3 is 5.11 Å². The summed E-state index contributed by atoms with van der Waals surface area (Å²) in [5.41, 5.74) is 3.80. The van der Waals surface area contributed by atoms with Crippen molar-refractivity contribution in [2.45, 2.75) is 32.7 Å². The minimum atomic E-state index is -0.925. The molecule has 0 aliphatic carbocycles. The number of aromatic nitrogens is 3. The van der Waals surface area contributed by atoms with Crippen LogP contribution in [0.4, 0.5) is 0 Å². The molecule has 0 aliphatic heterocycles. The van der Waals surface area contributed by atoms with E-state index in [0.717, 1.165) is 28.3 Å². The molecule has 0 radical (unpaired) electrons. The third-order valence-corrected chi connectivity index (χ3v) is 5.13. The molecule has 0 unspecified atom stereocenters. The van der Waals surface area contributed by atoms with Crippen LogP contribution in [0.5, 0.6) is 0 Å². The zero-order valence-corrected chi connectivity index (χ0v) is 17.9. The van der Waals surface area contributed by atoms with Gasteiger partial charge in [0, 0.05) is 11.0 Å². The van der Waals surface area contributed by atoms with Crippen molar-refractivity contribution in [2.75, 3.05) is 0 Å². The van der Waals surface area contributed by atoms with Crippen LogP contribution in [-0.4, -0.2) is 25.8 Å². The average Bonchev–Trinajstić information content (AvgIpc) is 3.19. The van der Waals surface area contributed by atoms with Gasteiger partial charge in [-0.25, -0.2) is 14.5 Å². The summed E-state index contributed by atoms with van der Waals surface area (Å²) in [5.74, 6) is 0.717. The van der Waals surface area contributed by atoms with E-state index >= 15 is 0 Å². The first-order chi connectivity index (χ1) is 14.8. The molecule has 3 aromatic carbocycles. The van der Waals surface area contributed by atoms with Crippen LogP contribution < -0.4 is 0 Å². The minimum absolute atomic E-state index is 0.152. The van der Waals surface area contributed by atoms with Gasteiger partial charge in [-0.15, -0.1) is 0 Å². The van der Waals surface area contributed by atoms with Gasteiger partial charge in [-0.3, -0.25) is 0 Å². The van der Waals surface area contributed by atoms with Gasteiger partial charge in [0.2, 0.25) is 0 Å². The summed E-state index contributed by atoms with van der Waals surface area (Å²) < 4.78 is 1.96. The van der Waals surface area contributed by atoms with Crippen LogP contribution >= 0.6 is 0 Å². The van der Waals surface area contributed by atoms with Crippen molar-refractivity contribution in [1.29, 1.82) is 0 Å². The predicted molar refractivity (Wildman–Crippen MR) is 122 cm³/mol. The van der Waals surface area contributed by atoms with E-state index in [-0.39, 0.29) is 5.41 Å². The summed E-state index contributed by atoms with van der Waals surface area (Å²) in [4.78, 5) is 16.4. The molecule has 5 nitrogen and oxygen atoms in total. The van der Waals surface area contributed by atoms with E-state index in [9.17, 15) is 9.90 Å². The molecule has 0 spiro atoms. The Labute approximate surface area is 182 Å². The molecule has 0 aliphatic rings. The number of hydrogen-bond donors (Lipinski definition) is 1. The molecule has 4 rings (SSSR count). The SMILES string of the molecule is CC(C)(C)c1nc(-c2ccccc2)nn1Cc1ccc(-c2ccccc2C(=O)O)cc1. The predicted octanol–water partition coefficient (Wildman–Crippen LogP) is 5.66. The lowest BCUT2D eigenvalue weighted by molar-refractivity contribution is 0.0697. The van der Waals surface area contributed by atoms with Gasteiger partial charge in [0.15, 0.2) is 5.82 Å². The van der Waals surface area contributed by atoms with Gasteiger partial charge in [-0.2, -0.15) is 5.10 Å². The maximum atomic E-state index is 11.5. The second kappa shape index (κ2) is 8.19. The lowest BCUT2D eigenvalue weighted by atomic mass is 9.95. The Morgan fingerprint density at radius 1 is 0.871 bits per heavy atom. The highest BCUT2D eigenvalue weighted by atomic mass is 16.4.